The van der Waals surface area contributed by atoms with Gasteiger partial charge in [0, 0.05) is 25.0 Å². The predicted octanol–water partition coefficient (Wildman–Crippen LogP) is 3.47. The van der Waals surface area contributed by atoms with E-state index in [0.717, 1.165) is 5.69 Å². The van der Waals surface area contributed by atoms with E-state index < -0.39 is 21.5 Å². The molecule has 1 amide bonds. The molecule has 0 radical (unpaired) electrons. The first kappa shape index (κ1) is 23.8. The van der Waals surface area contributed by atoms with Gasteiger partial charge in [-0.25, -0.2) is 8.42 Å². The molecule has 1 saturated heterocycles. The summed E-state index contributed by atoms with van der Waals surface area (Å²) in [5.74, 6) is -0.377. The van der Waals surface area contributed by atoms with Gasteiger partial charge in [0.05, 0.1) is 23.1 Å². The fraction of sp³-hybridized carbons (Fsp3) is 0.261. The quantitative estimate of drug-likeness (QED) is 0.512. The molecule has 0 atom stereocenters. The van der Waals surface area contributed by atoms with E-state index in [9.17, 15) is 18.5 Å². The molecule has 0 saturated carbocycles. The number of para-hydroxylation sites is 1. The number of primary amides is 1. The second-order valence-corrected chi connectivity index (χ2v) is 10.4. The lowest BCUT2D eigenvalue weighted by atomic mass is 9.86. The van der Waals surface area contributed by atoms with Gasteiger partial charge in [-0.15, -0.1) is 0 Å². The molecule has 3 aromatic rings. The first-order chi connectivity index (χ1) is 16.3. The van der Waals surface area contributed by atoms with Crippen molar-refractivity contribution < 1.29 is 13.2 Å². The number of nitriles is 1. The largest absolute Gasteiger partial charge is 0.365 e. The Morgan fingerprint density at radius 1 is 1.15 bits per heavy atom. The van der Waals surface area contributed by atoms with Crippen LogP contribution in [-0.2, 0) is 15.6 Å². The van der Waals surface area contributed by atoms with E-state index in [1.165, 1.54) is 22.6 Å². The Hall–Kier alpha value is -3.39. The summed E-state index contributed by atoms with van der Waals surface area (Å²) in [7, 11) is -3.79. The number of halogens is 1. The first-order valence-electron chi connectivity index (χ1n) is 10.6. The van der Waals surface area contributed by atoms with Crippen LogP contribution in [0.2, 0.25) is 5.02 Å². The summed E-state index contributed by atoms with van der Waals surface area (Å²) in [6, 6.07) is 17.7. The van der Waals surface area contributed by atoms with Gasteiger partial charge in [0.2, 0.25) is 10.0 Å². The monoisotopic (exact) mass is 498 g/mol. The zero-order valence-electron chi connectivity index (χ0n) is 18.2. The van der Waals surface area contributed by atoms with Crippen molar-refractivity contribution in [2.75, 3.05) is 18.4 Å². The second kappa shape index (κ2) is 9.46. The lowest BCUT2D eigenvalue weighted by Crippen LogP contribution is -2.48. The number of carbonyl (C=O) groups is 1. The number of anilines is 2. The summed E-state index contributed by atoms with van der Waals surface area (Å²) in [6.07, 6.45) is 2.28. The van der Waals surface area contributed by atoms with Crippen LogP contribution in [0.15, 0.2) is 65.7 Å². The molecule has 0 aliphatic carbocycles. The summed E-state index contributed by atoms with van der Waals surface area (Å²) in [5, 5.41) is 17.4. The van der Waals surface area contributed by atoms with Crippen molar-refractivity contribution in [1.82, 2.24) is 14.1 Å². The van der Waals surface area contributed by atoms with Gasteiger partial charge in [-0.05, 0) is 37.1 Å². The van der Waals surface area contributed by atoms with Crippen LogP contribution < -0.4 is 11.1 Å². The van der Waals surface area contributed by atoms with E-state index >= 15 is 0 Å². The molecule has 9 nitrogen and oxygen atoms in total. The van der Waals surface area contributed by atoms with Crippen LogP contribution in [0.4, 0.5) is 11.5 Å². The number of hydrogen-bond donors (Lipinski definition) is 2. The molecule has 1 fully saturated rings. The minimum atomic E-state index is -3.79. The number of sulfonamides is 1. The molecule has 2 aromatic carbocycles. The van der Waals surface area contributed by atoms with Gasteiger partial charge >= 0.3 is 0 Å². The Morgan fingerprint density at radius 3 is 2.41 bits per heavy atom. The summed E-state index contributed by atoms with van der Waals surface area (Å²) in [5.41, 5.74) is 5.71. The van der Waals surface area contributed by atoms with E-state index in [1.54, 1.807) is 16.8 Å². The van der Waals surface area contributed by atoms with Crippen LogP contribution in [0.3, 0.4) is 0 Å². The van der Waals surface area contributed by atoms with Crippen molar-refractivity contribution in [3.8, 4) is 6.07 Å². The van der Waals surface area contributed by atoms with Gasteiger partial charge in [-0.2, -0.15) is 14.7 Å². The highest BCUT2D eigenvalue weighted by Gasteiger charge is 2.41. The maximum absolute atomic E-state index is 13.1. The second-order valence-electron chi connectivity index (χ2n) is 8.08. The minimum Gasteiger partial charge on any atom is -0.365 e. The normalized spacial score (nSPS) is 16.0. The van der Waals surface area contributed by atoms with Crippen molar-refractivity contribution in [2.45, 2.75) is 29.7 Å². The molecule has 0 spiro atoms. The lowest BCUT2D eigenvalue weighted by molar-refractivity contribution is 0.1000. The molecule has 0 unspecified atom stereocenters. The van der Waals surface area contributed by atoms with Crippen LogP contribution in [0.25, 0.3) is 0 Å². The van der Waals surface area contributed by atoms with Crippen molar-refractivity contribution >= 4 is 39.0 Å². The van der Waals surface area contributed by atoms with Gasteiger partial charge in [0.1, 0.15) is 10.5 Å². The number of nitrogens with zero attached hydrogens (tertiary/aromatic N) is 4. The fourth-order valence-electron chi connectivity index (χ4n) is 4.12. The highest BCUT2D eigenvalue weighted by Crippen LogP contribution is 2.37. The van der Waals surface area contributed by atoms with Gasteiger partial charge in [-0.1, -0.05) is 41.9 Å². The van der Waals surface area contributed by atoms with Crippen LogP contribution >= 0.6 is 11.6 Å². The maximum atomic E-state index is 13.1. The standard InChI is InChI=1S/C23H23ClN6O3S/c24-19-8-4-5-9-20(19)34(32,33)29-14-11-23(10-13-25,12-15-29)30-16-18(21(26)31)22(28-30)27-17-6-2-1-3-7-17/h1-9,16H,10-12,14-15H2,(H2,26,31)(H,27,28). The zero-order valence-corrected chi connectivity index (χ0v) is 19.8. The van der Waals surface area contributed by atoms with Gasteiger partial charge in [-0.3, -0.25) is 9.48 Å². The van der Waals surface area contributed by atoms with Gasteiger partial charge in [0.15, 0.2) is 5.82 Å². The highest BCUT2D eigenvalue weighted by atomic mass is 35.5. The maximum Gasteiger partial charge on any atom is 0.254 e. The van der Waals surface area contributed by atoms with Crippen LogP contribution in [0, 0.1) is 11.3 Å². The lowest BCUT2D eigenvalue weighted by Gasteiger charge is -2.40. The minimum absolute atomic E-state index is 0.0499. The third-order valence-corrected chi connectivity index (χ3v) is 8.42. The van der Waals surface area contributed by atoms with E-state index in [4.69, 9.17) is 17.3 Å². The number of nitrogens with two attached hydrogens (primary N) is 1. The SMILES string of the molecule is N#CCC1(n2cc(C(N)=O)c(Nc3ccccc3)n2)CCN(S(=O)(=O)c2ccccc2Cl)CC1. The summed E-state index contributed by atoms with van der Waals surface area (Å²) in [6.45, 7) is 0.338. The molecule has 1 aromatic heterocycles. The summed E-state index contributed by atoms with van der Waals surface area (Å²) >= 11 is 6.13. The highest BCUT2D eigenvalue weighted by molar-refractivity contribution is 7.89. The Kier molecular flexibility index (Phi) is 6.61. The molecule has 176 valence electrons. The van der Waals surface area contributed by atoms with Crippen LogP contribution in [0.1, 0.15) is 29.6 Å². The Labute approximate surface area is 202 Å². The van der Waals surface area contributed by atoms with E-state index in [0.29, 0.717) is 12.8 Å². The molecular formula is C23H23ClN6O3S. The first-order valence-corrected chi connectivity index (χ1v) is 12.4. The van der Waals surface area contributed by atoms with Crippen molar-refractivity contribution in [2.24, 2.45) is 5.73 Å². The molecule has 1 aliphatic rings. The number of hydrogen-bond acceptors (Lipinski definition) is 6. The molecule has 1 aliphatic heterocycles. The van der Waals surface area contributed by atoms with Gasteiger partial charge in [0.25, 0.3) is 5.91 Å². The smallest absolute Gasteiger partial charge is 0.254 e. The van der Waals surface area contributed by atoms with Crippen molar-refractivity contribution in [3.05, 3.63) is 71.4 Å². The van der Waals surface area contributed by atoms with Crippen LogP contribution in [-0.4, -0.2) is 41.5 Å². The summed E-state index contributed by atoms with van der Waals surface area (Å²) < 4.78 is 29.2. The number of amides is 1. The zero-order chi connectivity index (χ0) is 24.3. The molecule has 3 N–H and O–H groups in total. The van der Waals surface area contributed by atoms with E-state index in [-0.39, 0.29) is 40.8 Å². The molecule has 0 bridgehead atoms. The average Bonchev–Trinajstić information content (AvgIpc) is 3.25. The number of benzene rings is 2. The number of rotatable bonds is 7. The Bertz CT molecular complexity index is 1340. The predicted molar refractivity (Wildman–Crippen MR) is 128 cm³/mol. The molecule has 2 heterocycles. The van der Waals surface area contributed by atoms with Gasteiger partial charge < -0.3 is 11.1 Å². The molecule has 11 heteroatoms. The number of carbonyl (C=O) groups excluding carboxylic acids is 1. The number of piperidine rings is 1. The van der Waals surface area contributed by atoms with Crippen molar-refractivity contribution in [1.29, 1.82) is 5.26 Å². The summed E-state index contributed by atoms with van der Waals surface area (Å²) in [4.78, 5) is 12.2. The topological polar surface area (TPSA) is 134 Å². The van der Waals surface area contributed by atoms with E-state index in [2.05, 4.69) is 16.5 Å². The molecular weight excluding hydrogens is 476 g/mol. The molecule has 34 heavy (non-hydrogen) atoms. The number of nitrogens with one attached hydrogen (secondary N) is 1. The third-order valence-electron chi connectivity index (χ3n) is 6.02. The Morgan fingerprint density at radius 2 is 1.79 bits per heavy atom. The fourth-order valence-corrected chi connectivity index (χ4v) is 6.05. The van der Waals surface area contributed by atoms with Crippen LogP contribution in [0.5, 0.6) is 0 Å². The average molecular weight is 499 g/mol. The third kappa shape index (κ3) is 4.50. The number of aromatic nitrogens is 2. The van der Waals surface area contributed by atoms with E-state index in [1.807, 2.05) is 30.3 Å². The Balaban J connectivity index is 1.63. The molecule has 4 rings (SSSR count). The van der Waals surface area contributed by atoms with Crippen molar-refractivity contribution in [3.63, 3.8) is 0 Å².